The molecule has 1 N–H and O–H groups in total. The van der Waals surface area contributed by atoms with Gasteiger partial charge in [-0.25, -0.2) is 8.42 Å². The van der Waals surface area contributed by atoms with Crippen LogP contribution in [0.4, 0.5) is 0 Å². The van der Waals surface area contributed by atoms with Crippen LogP contribution < -0.4 is 5.32 Å². The Morgan fingerprint density at radius 3 is 2.44 bits per heavy atom. The van der Waals surface area contributed by atoms with E-state index in [1.54, 1.807) is 11.1 Å². The molecule has 0 aromatic heterocycles. The van der Waals surface area contributed by atoms with Gasteiger partial charge in [-0.05, 0) is 147 Å². The molecule has 0 spiro atoms. The van der Waals surface area contributed by atoms with Gasteiger partial charge in [-0.1, -0.05) is 46.3 Å². The van der Waals surface area contributed by atoms with Gasteiger partial charge in [0.25, 0.3) is 0 Å². The van der Waals surface area contributed by atoms with Crippen LogP contribution in [0.1, 0.15) is 125 Å². The van der Waals surface area contributed by atoms with Crippen molar-refractivity contribution in [2.45, 2.75) is 130 Å². The minimum absolute atomic E-state index is 0.0331. The van der Waals surface area contributed by atoms with E-state index in [0.717, 1.165) is 61.9 Å². The number of hydrogen-bond acceptors (Lipinski definition) is 6. The van der Waals surface area contributed by atoms with E-state index in [1.807, 2.05) is 6.92 Å². The maximum atomic E-state index is 12.1. The molecule has 270 valence electrons. The summed E-state index contributed by atoms with van der Waals surface area (Å²) in [5.41, 5.74) is 4.48. The summed E-state index contributed by atoms with van der Waals surface area (Å²) >= 11 is 0. The first-order chi connectivity index (χ1) is 22.8. The molecular weight excluding hydrogens is 617 g/mol. The number of hydrogen-bond donors (Lipinski definition) is 1. The second-order valence-electron chi connectivity index (χ2n) is 18.5. The highest BCUT2D eigenvalue weighted by molar-refractivity contribution is 7.91. The molecule has 0 aromatic carbocycles. The molecule has 4 saturated carbocycles. The number of esters is 1. The fourth-order valence-electron chi connectivity index (χ4n) is 13.9. The van der Waals surface area contributed by atoms with Gasteiger partial charge in [-0.15, -0.1) is 0 Å². The fourth-order valence-corrected chi connectivity index (χ4v) is 15.2. The van der Waals surface area contributed by atoms with Gasteiger partial charge in [0.05, 0.1) is 18.1 Å². The van der Waals surface area contributed by atoms with Crippen molar-refractivity contribution >= 4 is 15.8 Å². The van der Waals surface area contributed by atoms with Gasteiger partial charge >= 0.3 is 5.97 Å². The van der Waals surface area contributed by atoms with E-state index in [1.165, 1.54) is 64.2 Å². The zero-order chi connectivity index (χ0) is 34.0. The Morgan fingerprint density at radius 2 is 1.71 bits per heavy atom. The Morgan fingerprint density at radius 1 is 0.917 bits per heavy atom. The Balaban J connectivity index is 1.03. The fraction of sp³-hybridized carbons (Fsp3) is 0.878. The topological polar surface area (TPSA) is 75.7 Å². The molecule has 0 bridgehead atoms. The summed E-state index contributed by atoms with van der Waals surface area (Å²) in [6.07, 6.45) is 22.5. The molecule has 1 saturated heterocycles. The monoisotopic (exact) mass is 682 g/mol. The maximum Gasteiger partial charge on any atom is 0.306 e. The number of ether oxygens (including phenoxy) is 1. The SMILES string of the molecule is CCOC(=O)CC1CC=C(C2=CCC3(C)C(CCC4(C)C5CCC6(NCCN7CCS(=O)(=O)CC7)CCC[C@@H]6C5CCC43)C2(C)C)CC1. The molecule has 5 fully saturated rings. The molecule has 6 nitrogen and oxygen atoms in total. The van der Waals surface area contributed by atoms with E-state index >= 15 is 0 Å². The predicted molar refractivity (Wildman–Crippen MR) is 194 cm³/mol. The van der Waals surface area contributed by atoms with Gasteiger partial charge in [0.1, 0.15) is 0 Å². The molecule has 6 aliphatic carbocycles. The second-order valence-corrected chi connectivity index (χ2v) is 20.8. The summed E-state index contributed by atoms with van der Waals surface area (Å²) in [7, 11) is -2.82. The lowest BCUT2D eigenvalue weighted by molar-refractivity contribution is -0.175. The summed E-state index contributed by atoms with van der Waals surface area (Å²) in [4.78, 5) is 14.5. The number of rotatable bonds is 8. The lowest BCUT2D eigenvalue weighted by atomic mass is 9.37. The van der Waals surface area contributed by atoms with Crippen molar-refractivity contribution in [3.63, 3.8) is 0 Å². The number of carbonyl (C=O) groups excluding carboxylic acids is 1. The Bertz CT molecular complexity index is 1390. The highest BCUT2D eigenvalue weighted by Gasteiger charge is 2.65. The normalized spacial score (nSPS) is 43.5. The third-order valence-electron chi connectivity index (χ3n) is 16.1. The number of fused-ring (bicyclic) bond motifs is 7. The van der Waals surface area contributed by atoms with Gasteiger partial charge in [-0.2, -0.15) is 0 Å². The van der Waals surface area contributed by atoms with Crippen molar-refractivity contribution in [1.29, 1.82) is 0 Å². The maximum absolute atomic E-state index is 12.1. The summed E-state index contributed by atoms with van der Waals surface area (Å²) in [5.74, 6) is 5.08. The molecule has 1 aliphatic heterocycles. The van der Waals surface area contributed by atoms with E-state index in [0.29, 0.717) is 59.9 Å². The van der Waals surface area contributed by atoms with Crippen LogP contribution in [0.3, 0.4) is 0 Å². The highest BCUT2D eigenvalue weighted by atomic mass is 32.2. The van der Waals surface area contributed by atoms with Gasteiger partial charge in [0, 0.05) is 38.1 Å². The first-order valence-corrected chi connectivity index (χ1v) is 21.9. The van der Waals surface area contributed by atoms with Gasteiger partial charge < -0.3 is 15.0 Å². The van der Waals surface area contributed by atoms with Crippen LogP contribution in [0.2, 0.25) is 0 Å². The first kappa shape index (κ1) is 35.2. The molecule has 9 atom stereocenters. The van der Waals surface area contributed by atoms with Crippen LogP contribution in [0, 0.1) is 51.8 Å². The smallest absolute Gasteiger partial charge is 0.306 e. The summed E-state index contributed by atoms with van der Waals surface area (Å²) < 4.78 is 29.1. The molecule has 1 heterocycles. The molecular formula is C41H66N2O4S. The molecule has 7 heteroatoms. The van der Waals surface area contributed by atoms with Crippen LogP contribution in [0.15, 0.2) is 23.3 Å². The van der Waals surface area contributed by atoms with E-state index in [2.05, 4.69) is 50.1 Å². The number of nitrogens with zero attached hydrogens (tertiary/aromatic N) is 1. The van der Waals surface area contributed by atoms with Gasteiger partial charge in [0.15, 0.2) is 9.84 Å². The van der Waals surface area contributed by atoms with E-state index in [4.69, 9.17) is 4.74 Å². The lowest BCUT2D eigenvalue weighted by Crippen LogP contribution is -2.64. The number of sulfone groups is 1. The predicted octanol–water partition coefficient (Wildman–Crippen LogP) is 7.74. The second kappa shape index (κ2) is 13.1. The van der Waals surface area contributed by atoms with Crippen molar-refractivity contribution in [2.75, 3.05) is 44.3 Å². The Kier molecular flexibility index (Phi) is 9.62. The summed E-state index contributed by atoms with van der Waals surface area (Å²) in [5, 5.41) is 4.17. The summed E-state index contributed by atoms with van der Waals surface area (Å²) in [6.45, 7) is 16.4. The third kappa shape index (κ3) is 6.10. The zero-order valence-corrected chi connectivity index (χ0v) is 31.8. The molecule has 0 aromatic rings. The van der Waals surface area contributed by atoms with Crippen molar-refractivity contribution < 1.29 is 17.9 Å². The summed E-state index contributed by atoms with van der Waals surface area (Å²) in [6, 6.07) is 0. The van der Waals surface area contributed by atoms with Crippen molar-refractivity contribution in [3.8, 4) is 0 Å². The largest absolute Gasteiger partial charge is 0.466 e. The van der Waals surface area contributed by atoms with Crippen LogP contribution in [0.5, 0.6) is 0 Å². The molecule has 0 radical (unpaired) electrons. The molecule has 0 amide bonds. The van der Waals surface area contributed by atoms with Crippen molar-refractivity contribution in [2.24, 2.45) is 51.8 Å². The van der Waals surface area contributed by atoms with Gasteiger partial charge in [-0.3, -0.25) is 4.79 Å². The third-order valence-corrected chi connectivity index (χ3v) is 17.7. The Hall–Kier alpha value is -1.18. The average Bonchev–Trinajstić information content (AvgIpc) is 3.47. The number of nitrogens with one attached hydrogen (secondary N) is 1. The molecule has 8 unspecified atom stereocenters. The minimum atomic E-state index is -2.82. The van der Waals surface area contributed by atoms with Crippen molar-refractivity contribution in [3.05, 3.63) is 23.3 Å². The molecule has 48 heavy (non-hydrogen) atoms. The lowest BCUT2D eigenvalue weighted by Gasteiger charge is -2.68. The minimum Gasteiger partial charge on any atom is -0.466 e. The first-order valence-electron chi connectivity index (χ1n) is 20.0. The highest BCUT2D eigenvalue weighted by Crippen LogP contribution is 2.72. The quantitative estimate of drug-likeness (QED) is 0.264. The van der Waals surface area contributed by atoms with Crippen molar-refractivity contribution in [1.82, 2.24) is 10.2 Å². The molecule has 7 rings (SSSR count). The van der Waals surface area contributed by atoms with E-state index in [9.17, 15) is 13.2 Å². The zero-order valence-electron chi connectivity index (χ0n) is 31.0. The molecule has 7 aliphatic rings. The van der Waals surface area contributed by atoms with E-state index < -0.39 is 9.84 Å². The van der Waals surface area contributed by atoms with Crippen LogP contribution in [-0.4, -0.2) is 69.1 Å². The van der Waals surface area contributed by atoms with Crippen LogP contribution in [0.25, 0.3) is 0 Å². The Labute approximate surface area is 292 Å². The number of allylic oxidation sites excluding steroid dienone is 4. The van der Waals surface area contributed by atoms with Crippen LogP contribution in [-0.2, 0) is 19.4 Å². The van der Waals surface area contributed by atoms with Crippen LogP contribution >= 0.6 is 0 Å². The standard InChI is InChI=1S/C41H66N2O4S/c1-6-47-37(44)28-29-9-11-30(12-10-29)32-15-19-40(5)35(38(32,2)3)17-20-39(4)33-16-21-41(18-7-8-34(41)31(33)13-14-36(39)40)42-22-23-43-24-26-48(45,46)27-25-43/h11,15,29,31,33-36,42H,6-10,12-14,16-28H2,1-5H3/t29?,31?,33?,34-,35?,36?,39?,40?,41?/m1/s1. The van der Waals surface area contributed by atoms with Gasteiger partial charge in [0.2, 0.25) is 0 Å². The average molecular weight is 683 g/mol. The number of carbonyl (C=O) groups is 1. The van der Waals surface area contributed by atoms with E-state index in [-0.39, 0.29) is 11.4 Å².